The Morgan fingerprint density at radius 2 is 1.43 bits per heavy atom. The third-order valence-corrected chi connectivity index (χ3v) is 3.99. The number of rotatable bonds is 5. The van der Waals surface area contributed by atoms with Gasteiger partial charge in [-0.1, -0.05) is 42.0 Å². The van der Waals surface area contributed by atoms with Crippen molar-refractivity contribution in [1.29, 1.82) is 0 Å². The Hall–Kier alpha value is -3.61. The third-order valence-electron chi connectivity index (χ3n) is 3.99. The first-order chi connectivity index (χ1) is 13.4. The number of carbonyl (C=O) groups is 2. The number of anilines is 1. The molecule has 0 atom stereocenters. The van der Waals surface area contributed by atoms with Crippen molar-refractivity contribution < 1.29 is 18.4 Å². The van der Waals surface area contributed by atoms with Gasteiger partial charge in [-0.15, -0.1) is 0 Å². The largest absolute Gasteiger partial charge is 0.347 e. The first-order valence-corrected chi connectivity index (χ1v) is 8.50. The van der Waals surface area contributed by atoms with Crippen molar-refractivity contribution in [2.75, 3.05) is 5.32 Å². The van der Waals surface area contributed by atoms with Crippen molar-refractivity contribution in [2.45, 2.75) is 13.5 Å². The van der Waals surface area contributed by atoms with E-state index in [1.807, 2.05) is 31.2 Å². The Labute approximate surface area is 160 Å². The van der Waals surface area contributed by atoms with Gasteiger partial charge in [0.05, 0.1) is 0 Å². The molecule has 0 unspecified atom stereocenters. The highest BCUT2D eigenvalue weighted by Gasteiger charge is 2.16. The molecule has 3 aromatic rings. The number of amides is 2. The summed E-state index contributed by atoms with van der Waals surface area (Å²) in [5.74, 6) is -3.09. The second kappa shape index (κ2) is 8.39. The monoisotopic (exact) mass is 381 g/mol. The molecule has 3 rings (SSSR count). The van der Waals surface area contributed by atoms with Crippen LogP contribution in [0.25, 0.3) is 0 Å². The molecule has 0 radical (unpaired) electrons. The molecule has 0 fully saturated rings. The van der Waals surface area contributed by atoms with Crippen molar-refractivity contribution >= 4 is 17.5 Å². The number of hydrogen-bond acceptors (Lipinski definition) is 3. The standard InChI is InChI=1S/C21H17F2N3O2/c1-13-8-10-14(11-9-13)12-24-20(27)17-6-3-7-18(25-17)21(28)26-19-15(22)4-2-5-16(19)23/h2-11H,12H2,1H3,(H,24,27)(H,26,28). The van der Waals surface area contributed by atoms with E-state index in [9.17, 15) is 18.4 Å². The van der Waals surface area contributed by atoms with Crippen LogP contribution in [0, 0.1) is 18.6 Å². The molecule has 2 N–H and O–H groups in total. The molecule has 0 aliphatic rings. The summed E-state index contributed by atoms with van der Waals surface area (Å²) < 4.78 is 27.4. The minimum atomic E-state index is -0.902. The highest BCUT2D eigenvalue weighted by molar-refractivity contribution is 6.04. The van der Waals surface area contributed by atoms with Gasteiger partial charge in [-0.2, -0.15) is 0 Å². The summed E-state index contributed by atoms with van der Waals surface area (Å²) in [5.41, 5.74) is 1.35. The number of halogens is 2. The number of benzene rings is 2. The molecule has 28 heavy (non-hydrogen) atoms. The van der Waals surface area contributed by atoms with Crippen molar-refractivity contribution in [2.24, 2.45) is 0 Å². The lowest BCUT2D eigenvalue weighted by Gasteiger charge is -2.09. The summed E-state index contributed by atoms with van der Waals surface area (Å²) in [6, 6.07) is 15.2. The van der Waals surface area contributed by atoms with Gasteiger partial charge in [0, 0.05) is 6.54 Å². The molecule has 0 aliphatic carbocycles. The fourth-order valence-corrected chi connectivity index (χ4v) is 2.46. The molecule has 7 heteroatoms. The second-order valence-corrected chi connectivity index (χ2v) is 6.13. The maximum Gasteiger partial charge on any atom is 0.274 e. The van der Waals surface area contributed by atoms with Gasteiger partial charge in [0.25, 0.3) is 11.8 Å². The average molecular weight is 381 g/mol. The fourth-order valence-electron chi connectivity index (χ4n) is 2.46. The maximum absolute atomic E-state index is 13.7. The summed E-state index contributed by atoms with van der Waals surface area (Å²) in [6.07, 6.45) is 0. The van der Waals surface area contributed by atoms with Crippen LogP contribution in [0.4, 0.5) is 14.5 Å². The Morgan fingerprint density at radius 3 is 2.07 bits per heavy atom. The first-order valence-electron chi connectivity index (χ1n) is 8.50. The molecule has 1 heterocycles. The van der Waals surface area contributed by atoms with Crippen LogP contribution in [0.15, 0.2) is 60.7 Å². The Morgan fingerprint density at radius 1 is 0.857 bits per heavy atom. The lowest BCUT2D eigenvalue weighted by atomic mass is 10.1. The molecule has 0 spiro atoms. The van der Waals surface area contributed by atoms with Crippen molar-refractivity contribution in [3.63, 3.8) is 0 Å². The molecule has 2 amide bonds. The minimum Gasteiger partial charge on any atom is -0.347 e. The quantitative estimate of drug-likeness (QED) is 0.705. The van der Waals surface area contributed by atoms with Gasteiger partial charge in [0.1, 0.15) is 28.7 Å². The highest BCUT2D eigenvalue weighted by atomic mass is 19.1. The van der Waals surface area contributed by atoms with Crippen molar-refractivity contribution in [3.8, 4) is 0 Å². The number of carbonyl (C=O) groups excluding carboxylic acids is 2. The van der Waals surface area contributed by atoms with E-state index in [-0.39, 0.29) is 11.4 Å². The molecule has 1 aromatic heterocycles. The van der Waals surface area contributed by atoms with E-state index in [0.29, 0.717) is 6.54 Å². The summed E-state index contributed by atoms with van der Waals surface area (Å²) >= 11 is 0. The topological polar surface area (TPSA) is 71.1 Å². The molecular weight excluding hydrogens is 364 g/mol. The number of nitrogens with one attached hydrogen (secondary N) is 2. The van der Waals surface area contributed by atoms with Gasteiger partial charge < -0.3 is 10.6 Å². The van der Waals surface area contributed by atoms with E-state index in [1.54, 1.807) is 0 Å². The van der Waals surface area contributed by atoms with E-state index in [1.165, 1.54) is 24.3 Å². The van der Waals surface area contributed by atoms with E-state index in [4.69, 9.17) is 0 Å². The molecular formula is C21H17F2N3O2. The van der Waals surface area contributed by atoms with E-state index in [2.05, 4.69) is 15.6 Å². The van der Waals surface area contributed by atoms with E-state index >= 15 is 0 Å². The average Bonchev–Trinajstić information content (AvgIpc) is 2.70. The molecule has 0 saturated heterocycles. The van der Waals surface area contributed by atoms with Gasteiger partial charge in [0.2, 0.25) is 0 Å². The van der Waals surface area contributed by atoms with Crippen molar-refractivity contribution in [1.82, 2.24) is 10.3 Å². The fraction of sp³-hybridized carbons (Fsp3) is 0.0952. The van der Waals surface area contributed by atoms with Crippen molar-refractivity contribution in [3.05, 3.63) is 94.8 Å². The van der Waals surface area contributed by atoms with Crippen LogP contribution in [0.3, 0.4) is 0 Å². The SMILES string of the molecule is Cc1ccc(CNC(=O)c2cccc(C(=O)Nc3c(F)cccc3F)n2)cc1. The highest BCUT2D eigenvalue weighted by Crippen LogP contribution is 2.18. The summed E-state index contributed by atoms with van der Waals surface area (Å²) in [6.45, 7) is 2.27. The second-order valence-electron chi connectivity index (χ2n) is 6.13. The summed E-state index contributed by atoms with van der Waals surface area (Å²) in [5, 5.41) is 4.86. The van der Waals surface area contributed by atoms with Gasteiger partial charge in [-0.3, -0.25) is 9.59 Å². The molecule has 0 bridgehead atoms. The zero-order chi connectivity index (χ0) is 20.1. The normalized spacial score (nSPS) is 10.4. The number of aryl methyl sites for hydroxylation is 1. The molecule has 0 aliphatic heterocycles. The third kappa shape index (κ3) is 4.56. The van der Waals surface area contributed by atoms with Crippen LogP contribution in [0.1, 0.15) is 32.1 Å². The molecule has 0 saturated carbocycles. The number of aromatic nitrogens is 1. The predicted molar refractivity (Wildman–Crippen MR) is 101 cm³/mol. The smallest absolute Gasteiger partial charge is 0.274 e. The Kier molecular flexibility index (Phi) is 5.74. The Bertz CT molecular complexity index is 1000. The predicted octanol–water partition coefficient (Wildman–Crippen LogP) is 3.85. The van der Waals surface area contributed by atoms with Crippen LogP contribution in [0.5, 0.6) is 0 Å². The summed E-state index contributed by atoms with van der Waals surface area (Å²) in [7, 11) is 0. The van der Waals surface area contributed by atoms with Crippen LogP contribution in [-0.2, 0) is 6.54 Å². The van der Waals surface area contributed by atoms with Gasteiger partial charge in [-0.25, -0.2) is 13.8 Å². The van der Waals surface area contributed by atoms with Crippen LogP contribution < -0.4 is 10.6 Å². The van der Waals surface area contributed by atoms with Gasteiger partial charge in [-0.05, 0) is 36.8 Å². The summed E-state index contributed by atoms with van der Waals surface area (Å²) in [4.78, 5) is 28.6. The lowest BCUT2D eigenvalue weighted by molar-refractivity contribution is 0.0945. The van der Waals surface area contributed by atoms with Gasteiger partial charge in [0.15, 0.2) is 0 Å². The number of nitrogens with zero attached hydrogens (tertiary/aromatic N) is 1. The van der Waals surface area contributed by atoms with Crippen LogP contribution in [-0.4, -0.2) is 16.8 Å². The zero-order valence-electron chi connectivity index (χ0n) is 15.0. The number of para-hydroxylation sites is 1. The maximum atomic E-state index is 13.7. The van der Waals surface area contributed by atoms with E-state index < -0.39 is 29.1 Å². The zero-order valence-corrected chi connectivity index (χ0v) is 15.0. The Balaban J connectivity index is 1.69. The molecule has 2 aromatic carbocycles. The molecule has 5 nitrogen and oxygen atoms in total. The number of pyridine rings is 1. The minimum absolute atomic E-state index is 0.0220. The van der Waals surface area contributed by atoms with Gasteiger partial charge >= 0.3 is 0 Å². The lowest BCUT2D eigenvalue weighted by Crippen LogP contribution is -2.25. The van der Waals surface area contributed by atoms with Crippen LogP contribution >= 0.6 is 0 Å². The first kappa shape index (κ1) is 19.2. The number of hydrogen-bond donors (Lipinski definition) is 2. The molecule has 142 valence electrons. The van der Waals surface area contributed by atoms with E-state index in [0.717, 1.165) is 23.3 Å². The van der Waals surface area contributed by atoms with Crippen LogP contribution in [0.2, 0.25) is 0 Å².